The number of hydrogen-bond acceptors (Lipinski definition) is 2. The Morgan fingerprint density at radius 2 is 0.769 bits per heavy atom. The Bertz CT molecular complexity index is 487. The van der Waals surface area contributed by atoms with E-state index in [1.807, 2.05) is 12.1 Å². The molecule has 0 heterocycles. The zero-order valence-corrected chi connectivity index (χ0v) is 16.1. The van der Waals surface area contributed by atoms with Gasteiger partial charge in [0.2, 0.25) is 0 Å². The fourth-order valence-corrected chi connectivity index (χ4v) is 3.00. The molecule has 0 saturated heterocycles. The number of rotatable bonds is 15. The van der Waals surface area contributed by atoms with E-state index in [1.54, 1.807) is 0 Å². The average Bonchev–Trinajstić information content (AvgIpc) is 2.70. The highest BCUT2D eigenvalue weighted by Gasteiger charge is 1.95. The van der Waals surface area contributed by atoms with Gasteiger partial charge in [0.05, 0.1) is 13.2 Å². The molecule has 2 aromatic carbocycles. The third-order valence-electron chi connectivity index (χ3n) is 4.55. The Kier molecular flexibility index (Phi) is 11.5. The molecule has 0 amide bonds. The highest BCUT2D eigenvalue weighted by molar-refractivity contribution is 5.14. The molecule has 0 fully saturated rings. The second-order valence-corrected chi connectivity index (χ2v) is 6.90. The Balaban J connectivity index is 1.28. The fourth-order valence-electron chi connectivity index (χ4n) is 3.00. The Labute approximate surface area is 159 Å². The predicted octanol–water partition coefficient (Wildman–Crippen LogP) is 6.54. The molecule has 2 nitrogen and oxygen atoms in total. The molecule has 2 aromatic rings. The SMILES string of the molecule is c1ccc(COCCCCCCCCCCOCc2ccccc2)cc1. The van der Waals surface area contributed by atoms with Gasteiger partial charge >= 0.3 is 0 Å². The van der Waals surface area contributed by atoms with E-state index in [4.69, 9.17) is 9.47 Å². The molecular formula is C24H34O2. The minimum absolute atomic E-state index is 0.743. The minimum atomic E-state index is 0.743. The highest BCUT2D eigenvalue weighted by atomic mass is 16.5. The fraction of sp³-hybridized carbons (Fsp3) is 0.500. The van der Waals surface area contributed by atoms with E-state index in [0.717, 1.165) is 26.4 Å². The first-order valence-corrected chi connectivity index (χ1v) is 10.2. The Morgan fingerprint density at radius 1 is 0.423 bits per heavy atom. The number of hydrogen-bond donors (Lipinski definition) is 0. The molecule has 0 bridgehead atoms. The lowest BCUT2D eigenvalue weighted by atomic mass is 10.1. The Morgan fingerprint density at radius 3 is 1.15 bits per heavy atom. The van der Waals surface area contributed by atoms with Crippen LogP contribution in [-0.4, -0.2) is 13.2 Å². The van der Waals surface area contributed by atoms with Crippen molar-refractivity contribution in [2.24, 2.45) is 0 Å². The van der Waals surface area contributed by atoms with E-state index in [-0.39, 0.29) is 0 Å². The van der Waals surface area contributed by atoms with Crippen LogP contribution in [0.3, 0.4) is 0 Å². The van der Waals surface area contributed by atoms with Crippen LogP contribution in [0.2, 0.25) is 0 Å². The number of benzene rings is 2. The van der Waals surface area contributed by atoms with Crippen LogP contribution in [0, 0.1) is 0 Å². The second-order valence-electron chi connectivity index (χ2n) is 6.90. The van der Waals surface area contributed by atoms with Crippen molar-refractivity contribution in [2.75, 3.05) is 13.2 Å². The van der Waals surface area contributed by atoms with Crippen molar-refractivity contribution < 1.29 is 9.47 Å². The summed E-state index contributed by atoms with van der Waals surface area (Å²) in [6.45, 7) is 3.25. The topological polar surface area (TPSA) is 18.5 Å². The van der Waals surface area contributed by atoms with Gasteiger partial charge < -0.3 is 9.47 Å². The van der Waals surface area contributed by atoms with Gasteiger partial charge in [-0.05, 0) is 24.0 Å². The largest absolute Gasteiger partial charge is 0.377 e. The number of unbranched alkanes of at least 4 members (excludes halogenated alkanes) is 7. The van der Waals surface area contributed by atoms with Gasteiger partial charge in [0.1, 0.15) is 0 Å². The first-order valence-electron chi connectivity index (χ1n) is 10.2. The van der Waals surface area contributed by atoms with E-state index in [1.165, 1.54) is 62.5 Å². The molecule has 0 aliphatic carbocycles. The molecule has 0 radical (unpaired) electrons. The quantitative estimate of drug-likeness (QED) is 0.338. The first kappa shape index (κ1) is 20.7. The summed E-state index contributed by atoms with van der Waals surface area (Å²) in [5.41, 5.74) is 2.53. The third-order valence-corrected chi connectivity index (χ3v) is 4.55. The van der Waals surface area contributed by atoms with Crippen molar-refractivity contribution in [3.05, 3.63) is 71.8 Å². The minimum Gasteiger partial charge on any atom is -0.377 e. The molecule has 0 aliphatic heterocycles. The average molecular weight is 355 g/mol. The highest BCUT2D eigenvalue weighted by Crippen LogP contribution is 2.10. The summed E-state index contributed by atoms with van der Waals surface area (Å²) in [4.78, 5) is 0. The van der Waals surface area contributed by atoms with Crippen LogP contribution < -0.4 is 0 Å². The van der Waals surface area contributed by atoms with E-state index in [0.29, 0.717) is 0 Å². The molecule has 26 heavy (non-hydrogen) atoms. The maximum Gasteiger partial charge on any atom is 0.0716 e. The van der Waals surface area contributed by atoms with Crippen molar-refractivity contribution in [3.8, 4) is 0 Å². The van der Waals surface area contributed by atoms with Crippen LogP contribution in [0.15, 0.2) is 60.7 Å². The van der Waals surface area contributed by atoms with Crippen LogP contribution in [0.1, 0.15) is 62.5 Å². The molecule has 0 unspecified atom stereocenters. The molecule has 142 valence electrons. The van der Waals surface area contributed by atoms with Crippen molar-refractivity contribution in [1.29, 1.82) is 0 Å². The summed E-state index contributed by atoms with van der Waals surface area (Å²) in [6.07, 6.45) is 10.3. The first-order chi connectivity index (χ1) is 12.9. The second kappa shape index (κ2) is 14.5. The molecule has 0 spiro atoms. The molecule has 0 N–H and O–H groups in total. The lowest BCUT2D eigenvalue weighted by molar-refractivity contribution is 0.116. The van der Waals surface area contributed by atoms with E-state index >= 15 is 0 Å². The summed E-state index contributed by atoms with van der Waals surface area (Å²) < 4.78 is 11.4. The van der Waals surface area contributed by atoms with E-state index in [9.17, 15) is 0 Å². The zero-order valence-electron chi connectivity index (χ0n) is 16.1. The van der Waals surface area contributed by atoms with Crippen molar-refractivity contribution >= 4 is 0 Å². The van der Waals surface area contributed by atoms with Gasteiger partial charge in [-0.1, -0.05) is 99.2 Å². The maximum absolute atomic E-state index is 5.72. The van der Waals surface area contributed by atoms with Gasteiger partial charge in [-0.25, -0.2) is 0 Å². The number of ether oxygens (including phenoxy) is 2. The van der Waals surface area contributed by atoms with Gasteiger partial charge in [0.15, 0.2) is 0 Å². The van der Waals surface area contributed by atoms with Crippen LogP contribution in [0.4, 0.5) is 0 Å². The summed E-state index contributed by atoms with van der Waals surface area (Å²) in [5.74, 6) is 0. The van der Waals surface area contributed by atoms with Gasteiger partial charge in [0.25, 0.3) is 0 Å². The van der Waals surface area contributed by atoms with Crippen LogP contribution in [0.5, 0.6) is 0 Å². The van der Waals surface area contributed by atoms with Crippen molar-refractivity contribution in [1.82, 2.24) is 0 Å². The molecule has 0 atom stereocenters. The summed E-state index contributed by atoms with van der Waals surface area (Å²) in [7, 11) is 0. The smallest absolute Gasteiger partial charge is 0.0716 e. The van der Waals surface area contributed by atoms with Crippen LogP contribution in [0.25, 0.3) is 0 Å². The van der Waals surface area contributed by atoms with E-state index in [2.05, 4.69) is 48.5 Å². The molecule has 0 aliphatic rings. The van der Waals surface area contributed by atoms with Crippen LogP contribution >= 0.6 is 0 Å². The summed E-state index contributed by atoms with van der Waals surface area (Å²) in [5, 5.41) is 0. The molecule has 2 rings (SSSR count). The van der Waals surface area contributed by atoms with Gasteiger partial charge in [-0.2, -0.15) is 0 Å². The van der Waals surface area contributed by atoms with Crippen molar-refractivity contribution in [3.63, 3.8) is 0 Å². The molecule has 0 aromatic heterocycles. The third kappa shape index (κ3) is 10.4. The lowest BCUT2D eigenvalue weighted by Gasteiger charge is -2.05. The molecular weight excluding hydrogens is 320 g/mol. The predicted molar refractivity (Wildman–Crippen MR) is 109 cm³/mol. The van der Waals surface area contributed by atoms with Crippen LogP contribution in [-0.2, 0) is 22.7 Å². The normalized spacial score (nSPS) is 10.9. The lowest BCUT2D eigenvalue weighted by Crippen LogP contribution is -1.96. The van der Waals surface area contributed by atoms with Gasteiger partial charge in [0, 0.05) is 13.2 Å². The molecule has 2 heteroatoms. The maximum atomic E-state index is 5.72. The zero-order chi connectivity index (χ0) is 18.1. The van der Waals surface area contributed by atoms with Crippen molar-refractivity contribution in [2.45, 2.75) is 64.6 Å². The van der Waals surface area contributed by atoms with Gasteiger partial charge in [-0.3, -0.25) is 0 Å². The standard InChI is InChI=1S/C24H34O2/c1(3-5-13-19-25-21-23-15-9-7-10-16-23)2-4-6-14-20-26-22-24-17-11-8-12-18-24/h7-12,15-18H,1-6,13-14,19-22H2. The van der Waals surface area contributed by atoms with E-state index < -0.39 is 0 Å². The molecule has 0 saturated carbocycles. The Hall–Kier alpha value is -1.64. The van der Waals surface area contributed by atoms with Gasteiger partial charge in [-0.15, -0.1) is 0 Å². The summed E-state index contributed by atoms with van der Waals surface area (Å²) in [6, 6.07) is 20.8. The summed E-state index contributed by atoms with van der Waals surface area (Å²) >= 11 is 0. The monoisotopic (exact) mass is 354 g/mol.